The van der Waals surface area contributed by atoms with Crippen LogP contribution in [0.1, 0.15) is 11.5 Å². The molecule has 0 saturated carbocycles. The van der Waals surface area contributed by atoms with Crippen LogP contribution in [-0.2, 0) is 0 Å². The maximum atomic E-state index is 6.57. The summed E-state index contributed by atoms with van der Waals surface area (Å²) in [5.41, 5.74) is 8.49. The first kappa shape index (κ1) is 28.7. The number of pyridine rings is 1. The van der Waals surface area contributed by atoms with Gasteiger partial charge in [0, 0.05) is 44.4 Å². The minimum Gasteiger partial charge on any atom is -0.454 e. The summed E-state index contributed by atoms with van der Waals surface area (Å²) in [5, 5.41) is 10.2. The highest BCUT2D eigenvalue weighted by Gasteiger charge is 2.32. The zero-order valence-corrected chi connectivity index (χ0v) is 28.3. The van der Waals surface area contributed by atoms with Crippen LogP contribution in [0.5, 0.6) is 0 Å². The molecule has 3 heterocycles. The Balaban J connectivity index is 1.06. The zero-order valence-electron chi connectivity index (χ0n) is 27.5. The lowest BCUT2D eigenvalue weighted by Crippen LogP contribution is -2.11. The number of anilines is 3. The van der Waals surface area contributed by atoms with Crippen LogP contribution >= 0.6 is 11.8 Å². The molecule has 0 N–H and O–H groups in total. The number of fused-ring (bicyclic) bond motifs is 12. The van der Waals surface area contributed by atoms with Crippen molar-refractivity contribution in [3.8, 4) is 11.1 Å². The predicted octanol–water partition coefficient (Wildman–Crippen LogP) is 13.3. The van der Waals surface area contributed by atoms with Crippen LogP contribution in [0.2, 0.25) is 0 Å². The largest absolute Gasteiger partial charge is 0.454 e. The summed E-state index contributed by atoms with van der Waals surface area (Å²) in [7, 11) is 0. The molecule has 0 radical (unpaired) electrons. The van der Waals surface area contributed by atoms with Crippen LogP contribution in [0.4, 0.5) is 17.1 Å². The van der Waals surface area contributed by atoms with Crippen molar-refractivity contribution in [1.29, 1.82) is 0 Å². The third-order valence-electron chi connectivity index (χ3n) is 10.7. The van der Waals surface area contributed by atoms with E-state index in [0.29, 0.717) is 11.2 Å². The Kier molecular flexibility index (Phi) is 6.31. The molecule has 0 bridgehead atoms. The molecule has 1 aliphatic carbocycles. The van der Waals surface area contributed by atoms with Crippen molar-refractivity contribution in [3.05, 3.63) is 176 Å². The maximum absolute atomic E-state index is 6.57. The third kappa shape index (κ3) is 4.43. The Hall–Kier alpha value is -6.10. The number of furan rings is 1. The molecular weight excluding hydrogens is 641 g/mol. The molecule has 0 spiro atoms. The molecule has 0 fully saturated rings. The number of hydrogen-bond acceptors (Lipinski definition) is 4. The number of hydrogen-bond donors (Lipinski definition) is 0. The van der Waals surface area contributed by atoms with Gasteiger partial charge < -0.3 is 9.32 Å². The monoisotopic (exact) mass is 670 g/mol. The minimum absolute atomic E-state index is 0.411. The molecule has 0 amide bonds. The first-order valence-electron chi connectivity index (χ1n) is 17.4. The molecule has 51 heavy (non-hydrogen) atoms. The van der Waals surface area contributed by atoms with Gasteiger partial charge in [-0.05, 0) is 85.4 Å². The first-order valence-corrected chi connectivity index (χ1v) is 18.3. The van der Waals surface area contributed by atoms with Gasteiger partial charge in [0.25, 0.3) is 0 Å². The van der Waals surface area contributed by atoms with Gasteiger partial charge in [-0.2, -0.15) is 0 Å². The maximum Gasteiger partial charge on any atom is 0.162 e. The summed E-state index contributed by atoms with van der Waals surface area (Å²) in [6.07, 6.45) is 12.8. The second-order valence-electron chi connectivity index (χ2n) is 13.5. The molecule has 7 aromatic carbocycles. The lowest BCUT2D eigenvalue weighted by atomic mass is 9.92. The average Bonchev–Trinajstić information content (AvgIpc) is 3.77. The Bertz CT molecular complexity index is 2880. The number of benzene rings is 7. The quantitative estimate of drug-likeness (QED) is 0.174. The molecule has 9 aromatic rings. The highest BCUT2D eigenvalue weighted by Crippen LogP contribution is 2.51. The van der Waals surface area contributed by atoms with Gasteiger partial charge in [-0.1, -0.05) is 121 Å². The summed E-state index contributed by atoms with van der Waals surface area (Å²) in [6, 6.07) is 48.5. The van der Waals surface area contributed by atoms with E-state index in [0.717, 1.165) is 39.0 Å². The van der Waals surface area contributed by atoms with Crippen LogP contribution in [0.15, 0.2) is 179 Å². The molecule has 2 aliphatic rings. The van der Waals surface area contributed by atoms with Gasteiger partial charge in [0.05, 0.1) is 6.20 Å². The Labute approximate surface area is 299 Å². The van der Waals surface area contributed by atoms with Crippen molar-refractivity contribution in [1.82, 2.24) is 4.98 Å². The first-order chi connectivity index (χ1) is 25.3. The normalized spacial score (nSPS) is 16.4. The van der Waals surface area contributed by atoms with Crippen molar-refractivity contribution in [2.24, 2.45) is 0 Å². The summed E-state index contributed by atoms with van der Waals surface area (Å²) < 4.78 is 6.57. The fraction of sp³-hybridized carbons (Fsp3) is 0.0426. The molecule has 2 unspecified atom stereocenters. The van der Waals surface area contributed by atoms with Crippen LogP contribution in [0, 0.1) is 0 Å². The molecule has 240 valence electrons. The SMILES string of the molecule is C1=CC2Sc3cc(N(c4ccc(-c5ccc6c7ccccc7c7ccccc7c6c5)cc4)c4cncc5c4oc4ccccc45)ccc3C2C=C1. The van der Waals surface area contributed by atoms with Crippen LogP contribution < -0.4 is 4.90 Å². The van der Waals surface area contributed by atoms with E-state index in [1.165, 1.54) is 53.9 Å². The number of para-hydroxylation sites is 1. The summed E-state index contributed by atoms with van der Waals surface area (Å²) >= 11 is 1.95. The van der Waals surface area contributed by atoms with E-state index in [1.54, 1.807) is 0 Å². The van der Waals surface area contributed by atoms with Crippen molar-refractivity contribution in [2.45, 2.75) is 16.1 Å². The highest BCUT2D eigenvalue weighted by molar-refractivity contribution is 8.00. The fourth-order valence-corrected chi connectivity index (χ4v) is 9.64. The van der Waals surface area contributed by atoms with E-state index in [2.05, 4.69) is 151 Å². The van der Waals surface area contributed by atoms with E-state index in [1.807, 2.05) is 36.3 Å². The van der Waals surface area contributed by atoms with Gasteiger partial charge in [-0.3, -0.25) is 4.98 Å². The number of allylic oxidation sites excluding steroid dienone is 3. The standard InChI is InChI=1S/C47H30N2OS/c1-2-11-35-33(9-1)34-10-3-4-12-36(34)41-25-30(19-23-37(35)41)29-17-20-31(21-18-29)49(32-22-24-40-39-14-6-8-16-45(39)51-46(40)26-32)43-28-48-27-42-38-13-5-7-15-44(38)50-47(42)43/h1-28,39,45H. The lowest BCUT2D eigenvalue weighted by Gasteiger charge is -2.26. The molecule has 11 rings (SSSR count). The Morgan fingerprint density at radius 3 is 1.96 bits per heavy atom. The van der Waals surface area contributed by atoms with E-state index in [9.17, 15) is 0 Å². The molecule has 1 aliphatic heterocycles. The van der Waals surface area contributed by atoms with E-state index < -0.39 is 0 Å². The van der Waals surface area contributed by atoms with Crippen molar-refractivity contribution < 1.29 is 4.42 Å². The predicted molar refractivity (Wildman–Crippen MR) is 215 cm³/mol. The second-order valence-corrected chi connectivity index (χ2v) is 14.7. The average molecular weight is 671 g/mol. The van der Waals surface area contributed by atoms with Crippen molar-refractivity contribution in [2.75, 3.05) is 4.90 Å². The molecule has 2 atom stereocenters. The zero-order chi connectivity index (χ0) is 33.5. The molecule has 2 aromatic heterocycles. The van der Waals surface area contributed by atoms with Crippen molar-refractivity contribution in [3.63, 3.8) is 0 Å². The molecule has 3 nitrogen and oxygen atoms in total. The smallest absolute Gasteiger partial charge is 0.162 e. The van der Waals surface area contributed by atoms with E-state index in [4.69, 9.17) is 9.40 Å². The second kappa shape index (κ2) is 11.2. The summed E-state index contributed by atoms with van der Waals surface area (Å²) in [5.74, 6) is 0.411. The van der Waals surface area contributed by atoms with Gasteiger partial charge in [-0.15, -0.1) is 11.8 Å². The Morgan fingerprint density at radius 1 is 0.529 bits per heavy atom. The number of nitrogens with zero attached hydrogens (tertiary/aromatic N) is 2. The van der Waals surface area contributed by atoms with Gasteiger partial charge in [0.1, 0.15) is 11.3 Å². The summed E-state index contributed by atoms with van der Waals surface area (Å²) in [4.78, 5) is 8.38. The van der Waals surface area contributed by atoms with Gasteiger partial charge in [0.15, 0.2) is 5.58 Å². The van der Waals surface area contributed by atoms with Crippen molar-refractivity contribution >= 4 is 83.1 Å². The summed E-state index contributed by atoms with van der Waals surface area (Å²) in [6.45, 7) is 0. The topological polar surface area (TPSA) is 29.3 Å². The van der Waals surface area contributed by atoms with Gasteiger partial charge in [-0.25, -0.2) is 0 Å². The van der Waals surface area contributed by atoms with Crippen LogP contribution in [0.25, 0.3) is 65.4 Å². The van der Waals surface area contributed by atoms with E-state index in [-0.39, 0.29) is 0 Å². The van der Waals surface area contributed by atoms with Gasteiger partial charge in [0.2, 0.25) is 0 Å². The lowest BCUT2D eigenvalue weighted by molar-refractivity contribution is 0.668. The molecule has 0 saturated heterocycles. The molecular formula is C47H30N2OS. The van der Waals surface area contributed by atoms with Crippen LogP contribution in [0.3, 0.4) is 0 Å². The highest BCUT2D eigenvalue weighted by atomic mass is 32.2. The molecule has 4 heteroatoms. The number of thioether (sulfide) groups is 1. The third-order valence-corrected chi connectivity index (χ3v) is 12.0. The number of aromatic nitrogens is 1. The van der Waals surface area contributed by atoms with Gasteiger partial charge >= 0.3 is 0 Å². The minimum atomic E-state index is 0.411. The van der Waals surface area contributed by atoms with E-state index >= 15 is 0 Å². The fourth-order valence-electron chi connectivity index (χ4n) is 8.27. The van der Waals surface area contributed by atoms with Crippen LogP contribution in [-0.4, -0.2) is 10.2 Å². The number of rotatable bonds is 4. The Morgan fingerprint density at radius 2 is 1.18 bits per heavy atom.